The molecule has 0 aliphatic heterocycles. The zero-order chi connectivity index (χ0) is 18.7. The van der Waals surface area contributed by atoms with Crippen LogP contribution in [0.3, 0.4) is 0 Å². The molecule has 0 radical (unpaired) electrons. The summed E-state index contributed by atoms with van der Waals surface area (Å²) in [7, 11) is 0. The molecule has 2 N–H and O–H groups in total. The Morgan fingerprint density at radius 2 is 1.54 bits per heavy atom. The Labute approximate surface area is 154 Å². The first-order valence-electron chi connectivity index (χ1n) is 7.78. The van der Waals surface area contributed by atoms with Crippen LogP contribution in [-0.2, 0) is 12.8 Å². The van der Waals surface area contributed by atoms with E-state index < -0.39 is 17.4 Å². The van der Waals surface area contributed by atoms with Crippen molar-refractivity contribution >= 4 is 17.3 Å². The van der Waals surface area contributed by atoms with Gasteiger partial charge in [0, 0.05) is 0 Å². The molecule has 3 aromatic rings. The van der Waals surface area contributed by atoms with Crippen molar-refractivity contribution in [2.45, 2.75) is 12.8 Å². The van der Waals surface area contributed by atoms with E-state index in [-0.39, 0.29) is 5.02 Å². The number of nitrogens with two attached hydrogens (primary N) is 1. The highest BCUT2D eigenvalue weighted by atomic mass is 35.5. The summed E-state index contributed by atoms with van der Waals surface area (Å²) in [5.74, 6) is 0.621. The number of halogens is 4. The van der Waals surface area contributed by atoms with E-state index in [1.54, 1.807) is 24.3 Å². The lowest BCUT2D eigenvalue weighted by Crippen LogP contribution is -2.09. The molecule has 0 unspecified atom stereocenters. The second-order valence-electron chi connectivity index (χ2n) is 5.72. The Kier molecular flexibility index (Phi) is 5.09. The highest BCUT2D eigenvalue weighted by Crippen LogP contribution is 2.40. The summed E-state index contributed by atoms with van der Waals surface area (Å²) in [5.41, 5.74) is 6.01. The van der Waals surface area contributed by atoms with Gasteiger partial charge in [-0.3, -0.25) is 0 Å². The van der Waals surface area contributed by atoms with E-state index in [2.05, 4.69) is 0 Å². The van der Waals surface area contributed by atoms with Crippen LogP contribution in [0.25, 0.3) is 11.1 Å². The van der Waals surface area contributed by atoms with Crippen LogP contribution in [0.1, 0.15) is 11.1 Å². The minimum Gasteiger partial charge on any atom is -0.489 e. The minimum absolute atomic E-state index is 0.126. The first-order chi connectivity index (χ1) is 12.3. The van der Waals surface area contributed by atoms with E-state index >= 15 is 0 Å². The third-order valence-electron chi connectivity index (χ3n) is 3.87. The highest BCUT2D eigenvalue weighted by Gasteiger charge is 2.34. The fourth-order valence-electron chi connectivity index (χ4n) is 2.50. The average Bonchev–Trinajstić information content (AvgIpc) is 2.62. The molecule has 0 amide bonds. The predicted octanol–water partition coefficient (Wildman–Crippen LogP) is 6.19. The minimum atomic E-state index is -4.57. The molecule has 3 rings (SSSR count). The van der Waals surface area contributed by atoms with E-state index in [1.807, 2.05) is 30.3 Å². The lowest BCUT2D eigenvalue weighted by atomic mass is 10.0. The lowest BCUT2D eigenvalue weighted by Gasteiger charge is -2.14. The lowest BCUT2D eigenvalue weighted by molar-refractivity contribution is -0.136. The SMILES string of the molecule is Nc1c(Cl)cc(-c2ccc(OCc3ccccc3)cc2)cc1C(F)(F)F. The van der Waals surface area contributed by atoms with Crippen molar-refractivity contribution in [1.82, 2.24) is 0 Å². The zero-order valence-corrected chi connectivity index (χ0v) is 14.3. The number of hydrogen-bond acceptors (Lipinski definition) is 2. The molecule has 0 aliphatic carbocycles. The zero-order valence-electron chi connectivity index (χ0n) is 13.6. The van der Waals surface area contributed by atoms with Gasteiger partial charge in [-0.2, -0.15) is 13.2 Å². The van der Waals surface area contributed by atoms with Crippen LogP contribution in [0, 0.1) is 0 Å². The Morgan fingerprint density at radius 3 is 2.15 bits per heavy atom. The van der Waals surface area contributed by atoms with Crippen molar-refractivity contribution in [2.24, 2.45) is 0 Å². The summed E-state index contributed by atoms with van der Waals surface area (Å²) >= 11 is 5.87. The van der Waals surface area contributed by atoms with Gasteiger partial charge in [0.25, 0.3) is 0 Å². The molecule has 134 valence electrons. The average molecular weight is 378 g/mol. The third kappa shape index (κ3) is 4.11. The molecule has 0 aliphatic rings. The van der Waals surface area contributed by atoms with E-state index in [1.165, 1.54) is 6.07 Å². The van der Waals surface area contributed by atoms with E-state index in [0.29, 0.717) is 23.5 Å². The van der Waals surface area contributed by atoms with Crippen LogP contribution in [0.5, 0.6) is 5.75 Å². The summed E-state index contributed by atoms with van der Waals surface area (Å²) < 4.78 is 45.0. The van der Waals surface area contributed by atoms with Gasteiger partial charge in [-0.25, -0.2) is 0 Å². The molecule has 3 aromatic carbocycles. The fraction of sp³-hybridized carbons (Fsp3) is 0.100. The molecular formula is C20H15ClF3NO. The summed E-state index contributed by atoms with van der Waals surface area (Å²) in [4.78, 5) is 0. The number of nitrogen functional groups attached to an aromatic ring is 1. The molecule has 0 atom stereocenters. The van der Waals surface area contributed by atoms with Gasteiger partial charge < -0.3 is 10.5 Å². The van der Waals surface area contributed by atoms with Gasteiger partial charge in [0.15, 0.2) is 0 Å². The Balaban J connectivity index is 1.81. The molecule has 0 heterocycles. The van der Waals surface area contributed by atoms with Crippen molar-refractivity contribution in [3.63, 3.8) is 0 Å². The van der Waals surface area contributed by atoms with Crippen LogP contribution in [-0.4, -0.2) is 0 Å². The van der Waals surface area contributed by atoms with Gasteiger partial charge in [-0.05, 0) is 41.0 Å². The van der Waals surface area contributed by atoms with Gasteiger partial charge in [0.2, 0.25) is 0 Å². The Bertz CT molecular complexity index is 893. The molecule has 0 bridgehead atoms. The molecule has 0 fully saturated rings. The number of anilines is 1. The maximum Gasteiger partial charge on any atom is 0.418 e. The largest absolute Gasteiger partial charge is 0.489 e. The number of benzene rings is 3. The molecule has 2 nitrogen and oxygen atoms in total. The number of ether oxygens (including phenoxy) is 1. The number of alkyl halides is 3. The van der Waals surface area contributed by atoms with Crippen LogP contribution >= 0.6 is 11.6 Å². The monoisotopic (exact) mass is 377 g/mol. The van der Waals surface area contributed by atoms with Gasteiger partial charge >= 0.3 is 6.18 Å². The van der Waals surface area contributed by atoms with Crippen molar-refractivity contribution in [2.75, 3.05) is 5.73 Å². The summed E-state index contributed by atoms with van der Waals surface area (Å²) in [6.07, 6.45) is -4.57. The molecule has 0 spiro atoms. The van der Waals surface area contributed by atoms with Crippen LogP contribution in [0.2, 0.25) is 5.02 Å². The Morgan fingerprint density at radius 1 is 0.885 bits per heavy atom. The summed E-state index contributed by atoms with van der Waals surface area (Å²) in [5, 5.41) is -0.126. The van der Waals surface area contributed by atoms with Crippen LogP contribution < -0.4 is 10.5 Å². The van der Waals surface area contributed by atoms with Crippen molar-refractivity contribution in [3.8, 4) is 16.9 Å². The van der Waals surface area contributed by atoms with Crippen molar-refractivity contribution in [1.29, 1.82) is 0 Å². The molecule has 26 heavy (non-hydrogen) atoms. The quantitative estimate of drug-likeness (QED) is 0.550. The molecular weight excluding hydrogens is 363 g/mol. The fourth-order valence-corrected chi connectivity index (χ4v) is 2.72. The Hall–Kier alpha value is -2.66. The van der Waals surface area contributed by atoms with E-state index in [0.717, 1.165) is 11.6 Å². The normalized spacial score (nSPS) is 11.4. The van der Waals surface area contributed by atoms with Gasteiger partial charge in [0.05, 0.1) is 16.3 Å². The standard InChI is InChI=1S/C20H15ClF3NO/c21-18-11-15(10-17(19(18)25)20(22,23)24)14-6-8-16(9-7-14)26-12-13-4-2-1-3-5-13/h1-11H,12,25H2. The van der Waals surface area contributed by atoms with Crippen LogP contribution in [0.4, 0.5) is 18.9 Å². The number of hydrogen-bond donors (Lipinski definition) is 1. The smallest absolute Gasteiger partial charge is 0.418 e. The van der Waals surface area contributed by atoms with Gasteiger partial charge in [-0.1, -0.05) is 54.1 Å². The highest BCUT2D eigenvalue weighted by molar-refractivity contribution is 6.33. The maximum absolute atomic E-state index is 13.1. The predicted molar refractivity (Wildman–Crippen MR) is 97.1 cm³/mol. The molecule has 0 saturated carbocycles. The van der Waals surface area contributed by atoms with E-state index in [9.17, 15) is 13.2 Å². The topological polar surface area (TPSA) is 35.2 Å². The second kappa shape index (κ2) is 7.30. The molecule has 0 aromatic heterocycles. The van der Waals surface area contributed by atoms with Crippen molar-refractivity contribution in [3.05, 3.63) is 82.9 Å². The first-order valence-corrected chi connectivity index (χ1v) is 8.16. The van der Waals surface area contributed by atoms with E-state index in [4.69, 9.17) is 22.1 Å². The maximum atomic E-state index is 13.1. The molecule has 0 saturated heterocycles. The summed E-state index contributed by atoms with van der Waals surface area (Å²) in [6.45, 7) is 0.409. The molecule has 6 heteroatoms. The summed E-state index contributed by atoms with van der Waals surface area (Å²) in [6, 6.07) is 18.9. The number of rotatable bonds is 4. The van der Waals surface area contributed by atoms with Gasteiger partial charge in [0.1, 0.15) is 12.4 Å². The van der Waals surface area contributed by atoms with Crippen molar-refractivity contribution < 1.29 is 17.9 Å². The van der Waals surface area contributed by atoms with Crippen LogP contribution in [0.15, 0.2) is 66.7 Å². The second-order valence-corrected chi connectivity index (χ2v) is 6.12. The first kappa shape index (κ1) is 18.1. The van der Waals surface area contributed by atoms with Gasteiger partial charge in [-0.15, -0.1) is 0 Å². The third-order valence-corrected chi connectivity index (χ3v) is 4.18.